The third kappa shape index (κ3) is 2.56. The third-order valence-corrected chi connectivity index (χ3v) is 3.59. The van der Waals surface area contributed by atoms with Gasteiger partial charge in [0.1, 0.15) is 0 Å². The second-order valence-electron chi connectivity index (χ2n) is 4.23. The summed E-state index contributed by atoms with van der Waals surface area (Å²) in [5.41, 5.74) is 0.838. The maximum Gasteiger partial charge on any atom is 0.169 e. The SMILES string of the molecule is Cc1nc(C=CC2N=c3ccccc3=CN2F)cs1. The Morgan fingerprint density at radius 2 is 2.21 bits per heavy atom. The van der Waals surface area contributed by atoms with Crippen molar-refractivity contribution in [3.63, 3.8) is 0 Å². The molecule has 1 aliphatic heterocycles. The molecule has 0 saturated heterocycles. The van der Waals surface area contributed by atoms with E-state index in [4.69, 9.17) is 0 Å². The van der Waals surface area contributed by atoms with Crippen molar-refractivity contribution in [2.45, 2.75) is 13.1 Å². The van der Waals surface area contributed by atoms with Gasteiger partial charge in [0.05, 0.1) is 16.1 Å². The van der Waals surface area contributed by atoms with Gasteiger partial charge in [-0.25, -0.2) is 4.98 Å². The van der Waals surface area contributed by atoms with Crippen molar-refractivity contribution in [1.29, 1.82) is 0 Å². The van der Waals surface area contributed by atoms with Crippen LogP contribution in [-0.4, -0.2) is 16.3 Å². The van der Waals surface area contributed by atoms with E-state index in [-0.39, 0.29) is 0 Å². The van der Waals surface area contributed by atoms with E-state index >= 15 is 0 Å². The smallest absolute Gasteiger partial charge is 0.169 e. The number of fused-ring (bicyclic) bond motifs is 1. The van der Waals surface area contributed by atoms with E-state index < -0.39 is 6.17 Å². The average Bonchev–Trinajstić information content (AvgIpc) is 2.82. The van der Waals surface area contributed by atoms with E-state index in [9.17, 15) is 4.48 Å². The highest BCUT2D eigenvalue weighted by Crippen LogP contribution is 2.12. The first-order chi connectivity index (χ1) is 9.22. The molecule has 1 unspecified atom stereocenters. The normalized spacial score (nSPS) is 18.0. The number of rotatable bonds is 2. The lowest BCUT2D eigenvalue weighted by atomic mass is 10.2. The van der Waals surface area contributed by atoms with Crippen LogP contribution in [0, 0.1) is 6.92 Å². The molecule has 1 aromatic carbocycles. The first-order valence-corrected chi connectivity index (χ1v) is 6.79. The molecule has 19 heavy (non-hydrogen) atoms. The van der Waals surface area contributed by atoms with Gasteiger partial charge in [-0.3, -0.25) is 4.99 Å². The molecule has 3 rings (SSSR count). The number of thiazole rings is 1. The Labute approximate surface area is 114 Å². The fourth-order valence-corrected chi connectivity index (χ4v) is 2.47. The molecule has 0 aliphatic carbocycles. The van der Waals surface area contributed by atoms with Crippen LogP contribution in [0.15, 0.2) is 40.7 Å². The van der Waals surface area contributed by atoms with Crippen molar-refractivity contribution < 1.29 is 4.48 Å². The van der Waals surface area contributed by atoms with Crippen LogP contribution in [0.5, 0.6) is 0 Å². The molecular weight excluding hydrogens is 261 g/mol. The molecule has 2 aromatic rings. The van der Waals surface area contributed by atoms with Crippen LogP contribution in [0.4, 0.5) is 4.48 Å². The second-order valence-corrected chi connectivity index (χ2v) is 5.29. The highest BCUT2D eigenvalue weighted by atomic mass is 32.1. The molecule has 0 spiro atoms. The van der Waals surface area contributed by atoms with E-state index in [2.05, 4.69) is 9.98 Å². The molecule has 1 aromatic heterocycles. The summed E-state index contributed by atoms with van der Waals surface area (Å²) in [5.74, 6) is 0. The monoisotopic (exact) mass is 273 g/mol. The largest absolute Gasteiger partial charge is 0.253 e. The average molecular weight is 273 g/mol. The van der Waals surface area contributed by atoms with Gasteiger partial charge in [-0.2, -0.15) is 5.12 Å². The maximum atomic E-state index is 13.8. The van der Waals surface area contributed by atoms with Crippen LogP contribution in [0.2, 0.25) is 0 Å². The second kappa shape index (κ2) is 4.93. The van der Waals surface area contributed by atoms with E-state index in [1.54, 1.807) is 23.5 Å². The summed E-state index contributed by atoms with van der Waals surface area (Å²) < 4.78 is 13.8. The fraction of sp³-hybridized carbons (Fsp3) is 0.143. The Morgan fingerprint density at radius 1 is 1.37 bits per heavy atom. The summed E-state index contributed by atoms with van der Waals surface area (Å²) in [4.78, 5) is 8.66. The van der Waals surface area contributed by atoms with Gasteiger partial charge in [0.25, 0.3) is 0 Å². The third-order valence-electron chi connectivity index (χ3n) is 2.80. The van der Waals surface area contributed by atoms with Crippen LogP contribution < -0.4 is 10.6 Å². The molecule has 0 amide bonds. The number of nitrogens with zero attached hydrogens (tertiary/aromatic N) is 3. The molecule has 0 bridgehead atoms. The minimum absolute atomic E-state index is 0.609. The van der Waals surface area contributed by atoms with Gasteiger partial charge >= 0.3 is 0 Å². The van der Waals surface area contributed by atoms with Crippen molar-refractivity contribution in [3.05, 3.63) is 57.0 Å². The molecule has 96 valence electrons. The van der Waals surface area contributed by atoms with Crippen molar-refractivity contribution in [2.24, 2.45) is 4.99 Å². The molecule has 0 radical (unpaired) electrons. The van der Waals surface area contributed by atoms with Crippen molar-refractivity contribution in [1.82, 2.24) is 10.1 Å². The predicted molar refractivity (Wildman–Crippen MR) is 74.3 cm³/mol. The molecule has 1 atom stereocenters. The molecule has 1 aliphatic rings. The quantitative estimate of drug-likeness (QED) is 0.783. The Balaban J connectivity index is 1.90. The standard InChI is InChI=1S/C14H12FN3S/c1-10-16-12(9-19-10)6-7-14-17-13-5-3-2-4-11(13)8-18(14)15/h2-9,14H,1H3. The van der Waals surface area contributed by atoms with Crippen LogP contribution in [0.1, 0.15) is 10.7 Å². The lowest BCUT2D eigenvalue weighted by Crippen LogP contribution is -2.37. The molecular formula is C14H12FN3S. The van der Waals surface area contributed by atoms with E-state index in [0.29, 0.717) is 5.12 Å². The summed E-state index contributed by atoms with van der Waals surface area (Å²) in [7, 11) is 0. The zero-order valence-electron chi connectivity index (χ0n) is 10.3. The fourth-order valence-electron chi connectivity index (χ4n) is 1.89. The molecule has 0 N–H and O–H groups in total. The van der Waals surface area contributed by atoms with Gasteiger partial charge in [0, 0.05) is 16.8 Å². The zero-order valence-corrected chi connectivity index (χ0v) is 11.1. The first-order valence-electron chi connectivity index (χ1n) is 5.91. The molecule has 0 fully saturated rings. The molecule has 2 heterocycles. The Hall–Kier alpha value is -2.01. The highest BCUT2D eigenvalue weighted by molar-refractivity contribution is 7.09. The van der Waals surface area contributed by atoms with Crippen LogP contribution >= 0.6 is 11.3 Å². The van der Waals surface area contributed by atoms with Crippen molar-refractivity contribution in [2.75, 3.05) is 0 Å². The Kier molecular flexibility index (Phi) is 3.13. The first kappa shape index (κ1) is 12.0. The number of benzene rings is 1. The maximum absolute atomic E-state index is 13.8. The number of aromatic nitrogens is 1. The van der Waals surface area contributed by atoms with Gasteiger partial charge in [-0.15, -0.1) is 11.3 Å². The van der Waals surface area contributed by atoms with Gasteiger partial charge in [0.2, 0.25) is 0 Å². The van der Waals surface area contributed by atoms with Crippen molar-refractivity contribution >= 4 is 23.6 Å². The topological polar surface area (TPSA) is 28.5 Å². The highest BCUT2D eigenvalue weighted by Gasteiger charge is 2.13. The Morgan fingerprint density at radius 3 is 3.00 bits per heavy atom. The molecule has 0 saturated carbocycles. The van der Waals surface area contributed by atoms with E-state index in [1.165, 1.54) is 6.20 Å². The van der Waals surface area contributed by atoms with E-state index in [1.807, 2.05) is 36.6 Å². The van der Waals surface area contributed by atoms with Crippen molar-refractivity contribution in [3.8, 4) is 0 Å². The lowest BCUT2D eigenvalue weighted by Gasteiger charge is -2.17. The molecule has 5 heteroatoms. The minimum atomic E-state index is -0.628. The van der Waals surface area contributed by atoms with Crippen LogP contribution in [0.25, 0.3) is 12.3 Å². The minimum Gasteiger partial charge on any atom is -0.253 e. The van der Waals surface area contributed by atoms with Gasteiger partial charge in [-0.1, -0.05) is 22.7 Å². The summed E-state index contributed by atoms with van der Waals surface area (Å²) in [6, 6.07) is 7.49. The number of hydrogen-bond acceptors (Lipinski definition) is 4. The summed E-state index contributed by atoms with van der Waals surface area (Å²) in [6.07, 6.45) is 4.34. The molecule has 3 nitrogen and oxygen atoms in total. The zero-order chi connectivity index (χ0) is 13.2. The summed E-state index contributed by atoms with van der Waals surface area (Å²) >= 11 is 1.57. The number of halogens is 1. The lowest BCUT2D eigenvalue weighted by molar-refractivity contribution is 0.0810. The van der Waals surface area contributed by atoms with Gasteiger partial charge in [0.15, 0.2) is 6.17 Å². The van der Waals surface area contributed by atoms with Crippen LogP contribution in [0.3, 0.4) is 0 Å². The summed E-state index contributed by atoms with van der Waals surface area (Å²) in [5, 5.41) is 5.14. The van der Waals surface area contributed by atoms with Crippen LogP contribution in [-0.2, 0) is 0 Å². The summed E-state index contributed by atoms with van der Waals surface area (Å²) in [6.45, 7) is 1.94. The van der Waals surface area contributed by atoms with Gasteiger partial charge < -0.3 is 0 Å². The number of para-hydroxylation sites is 1. The number of aryl methyl sites for hydroxylation is 1. The Bertz CT molecular complexity index is 735. The van der Waals surface area contributed by atoms with E-state index in [0.717, 1.165) is 21.3 Å². The van der Waals surface area contributed by atoms with Gasteiger partial charge in [-0.05, 0) is 25.1 Å². The number of hydrogen-bond donors (Lipinski definition) is 0. The predicted octanol–water partition coefficient (Wildman–Crippen LogP) is 2.05.